The number of nitrogens with zero attached hydrogens (tertiary/aromatic N) is 2. The minimum atomic E-state index is 0.254. The molecule has 1 heterocycles. The zero-order chi connectivity index (χ0) is 11.5. The molecule has 0 aliphatic carbocycles. The molecule has 0 saturated carbocycles. The van der Waals surface area contributed by atoms with Crippen LogP contribution in [0.2, 0.25) is 0 Å². The molecule has 0 amide bonds. The first kappa shape index (κ1) is 12.4. The fourth-order valence-electron chi connectivity index (χ4n) is 1.07. The first-order valence-electron chi connectivity index (χ1n) is 5.18. The van der Waals surface area contributed by atoms with E-state index in [9.17, 15) is 0 Å². The average molecular weight is 272 g/mol. The minimum absolute atomic E-state index is 0.254. The summed E-state index contributed by atoms with van der Waals surface area (Å²) in [6.07, 6.45) is 0.851. The summed E-state index contributed by atoms with van der Waals surface area (Å²) in [6, 6.07) is 1.91. The van der Waals surface area contributed by atoms with Crippen LogP contribution in [0.15, 0.2) is 10.7 Å². The van der Waals surface area contributed by atoms with Crippen molar-refractivity contribution in [2.24, 2.45) is 5.41 Å². The molecule has 0 spiro atoms. The van der Waals surface area contributed by atoms with Gasteiger partial charge in [0.2, 0.25) is 0 Å². The molecule has 0 aliphatic heterocycles. The van der Waals surface area contributed by atoms with Crippen molar-refractivity contribution < 1.29 is 0 Å². The van der Waals surface area contributed by atoms with E-state index in [1.165, 1.54) is 0 Å². The van der Waals surface area contributed by atoms with Crippen LogP contribution in [0.4, 0.5) is 5.82 Å². The van der Waals surface area contributed by atoms with Crippen molar-refractivity contribution in [2.45, 2.75) is 34.1 Å². The Morgan fingerprint density at radius 2 is 2.00 bits per heavy atom. The van der Waals surface area contributed by atoms with Gasteiger partial charge in [0.25, 0.3) is 0 Å². The lowest BCUT2D eigenvalue weighted by molar-refractivity contribution is 0.442. The van der Waals surface area contributed by atoms with Crippen LogP contribution in [0.25, 0.3) is 0 Å². The number of anilines is 1. The number of aromatic nitrogens is 2. The first-order chi connectivity index (χ1) is 6.90. The maximum absolute atomic E-state index is 4.40. The summed E-state index contributed by atoms with van der Waals surface area (Å²) in [4.78, 5) is 8.67. The van der Waals surface area contributed by atoms with Crippen molar-refractivity contribution in [3.8, 4) is 0 Å². The fraction of sp³-hybridized carbons (Fsp3) is 0.636. The number of halogens is 1. The molecule has 0 aromatic carbocycles. The third kappa shape index (κ3) is 4.60. The van der Waals surface area contributed by atoms with Gasteiger partial charge < -0.3 is 5.32 Å². The van der Waals surface area contributed by atoms with Crippen LogP contribution in [-0.2, 0) is 6.42 Å². The van der Waals surface area contributed by atoms with Crippen molar-refractivity contribution in [3.63, 3.8) is 0 Å². The maximum Gasteiger partial charge on any atom is 0.131 e. The standard InChI is InChI=1S/C11H18BrN3/c1-5-9-14-8(12)6-10(15-9)13-7-11(2,3)4/h6H,5,7H2,1-4H3,(H,13,14,15). The van der Waals surface area contributed by atoms with Gasteiger partial charge in [0, 0.05) is 19.0 Å². The Hall–Kier alpha value is -0.640. The zero-order valence-corrected chi connectivity index (χ0v) is 11.3. The van der Waals surface area contributed by atoms with Crippen molar-refractivity contribution in [1.29, 1.82) is 0 Å². The molecule has 0 bridgehead atoms. The van der Waals surface area contributed by atoms with Crippen molar-refractivity contribution in [3.05, 3.63) is 16.5 Å². The molecule has 84 valence electrons. The summed E-state index contributed by atoms with van der Waals surface area (Å²) < 4.78 is 0.839. The predicted molar refractivity (Wildman–Crippen MR) is 67.1 cm³/mol. The van der Waals surface area contributed by atoms with E-state index in [4.69, 9.17) is 0 Å². The summed E-state index contributed by atoms with van der Waals surface area (Å²) in [5, 5.41) is 3.32. The van der Waals surface area contributed by atoms with Crippen molar-refractivity contribution >= 4 is 21.7 Å². The first-order valence-corrected chi connectivity index (χ1v) is 5.97. The van der Waals surface area contributed by atoms with Crippen LogP contribution < -0.4 is 5.32 Å². The number of nitrogens with one attached hydrogen (secondary N) is 1. The quantitative estimate of drug-likeness (QED) is 0.858. The van der Waals surface area contributed by atoms with E-state index >= 15 is 0 Å². The Balaban J connectivity index is 2.73. The Morgan fingerprint density at radius 3 is 2.53 bits per heavy atom. The van der Waals surface area contributed by atoms with E-state index in [2.05, 4.69) is 58.9 Å². The van der Waals surface area contributed by atoms with E-state index in [-0.39, 0.29) is 5.41 Å². The van der Waals surface area contributed by atoms with Gasteiger partial charge in [0.1, 0.15) is 16.2 Å². The topological polar surface area (TPSA) is 37.8 Å². The Morgan fingerprint density at radius 1 is 1.33 bits per heavy atom. The van der Waals surface area contributed by atoms with Gasteiger partial charge in [-0.05, 0) is 21.3 Å². The molecule has 0 aliphatic rings. The molecular weight excluding hydrogens is 254 g/mol. The second kappa shape index (κ2) is 4.92. The van der Waals surface area contributed by atoms with Crippen LogP contribution in [0.5, 0.6) is 0 Å². The van der Waals surface area contributed by atoms with Gasteiger partial charge >= 0.3 is 0 Å². The Labute approximate surface area is 99.8 Å². The largest absolute Gasteiger partial charge is 0.369 e. The molecule has 4 heteroatoms. The summed E-state index contributed by atoms with van der Waals surface area (Å²) in [5.41, 5.74) is 0.254. The summed E-state index contributed by atoms with van der Waals surface area (Å²) >= 11 is 3.38. The van der Waals surface area contributed by atoms with Gasteiger partial charge in [-0.2, -0.15) is 0 Å². The molecule has 0 radical (unpaired) electrons. The number of rotatable bonds is 3. The highest BCUT2D eigenvalue weighted by Crippen LogP contribution is 2.16. The summed E-state index contributed by atoms with van der Waals surface area (Å²) in [7, 11) is 0. The average Bonchev–Trinajstić information content (AvgIpc) is 2.13. The molecule has 0 saturated heterocycles. The highest BCUT2D eigenvalue weighted by molar-refractivity contribution is 9.10. The minimum Gasteiger partial charge on any atom is -0.369 e. The lowest BCUT2D eigenvalue weighted by atomic mass is 9.97. The van der Waals surface area contributed by atoms with Crippen LogP contribution in [0.3, 0.4) is 0 Å². The molecule has 3 nitrogen and oxygen atoms in total. The second-order valence-corrected chi connectivity index (χ2v) is 5.57. The lowest BCUT2D eigenvalue weighted by Crippen LogP contribution is -2.19. The normalized spacial score (nSPS) is 11.5. The highest BCUT2D eigenvalue weighted by atomic mass is 79.9. The van der Waals surface area contributed by atoms with Gasteiger partial charge in [-0.1, -0.05) is 27.7 Å². The van der Waals surface area contributed by atoms with Gasteiger partial charge in [-0.15, -0.1) is 0 Å². The molecule has 0 atom stereocenters. The molecule has 1 aromatic rings. The third-order valence-electron chi connectivity index (χ3n) is 1.86. The lowest BCUT2D eigenvalue weighted by Gasteiger charge is -2.19. The van der Waals surface area contributed by atoms with Crippen LogP contribution in [0.1, 0.15) is 33.5 Å². The Bertz CT molecular complexity index is 331. The molecule has 1 aromatic heterocycles. The summed E-state index contributed by atoms with van der Waals surface area (Å²) in [5.74, 6) is 1.75. The maximum atomic E-state index is 4.40. The predicted octanol–water partition coefficient (Wildman–Crippen LogP) is 3.26. The smallest absolute Gasteiger partial charge is 0.131 e. The van der Waals surface area contributed by atoms with Crippen molar-refractivity contribution in [2.75, 3.05) is 11.9 Å². The van der Waals surface area contributed by atoms with Gasteiger partial charge in [0.15, 0.2) is 0 Å². The second-order valence-electron chi connectivity index (χ2n) is 4.76. The number of aryl methyl sites for hydroxylation is 1. The van der Waals surface area contributed by atoms with E-state index in [1.807, 2.05) is 6.07 Å². The monoisotopic (exact) mass is 271 g/mol. The molecule has 1 rings (SSSR count). The van der Waals surface area contributed by atoms with Crippen molar-refractivity contribution in [1.82, 2.24) is 9.97 Å². The Kier molecular flexibility index (Phi) is 4.08. The third-order valence-corrected chi connectivity index (χ3v) is 2.26. The van der Waals surface area contributed by atoms with Crippen LogP contribution in [0, 0.1) is 5.41 Å². The number of hydrogen-bond acceptors (Lipinski definition) is 3. The van der Waals surface area contributed by atoms with Gasteiger partial charge in [-0.3, -0.25) is 0 Å². The van der Waals surface area contributed by atoms with E-state index < -0.39 is 0 Å². The SMILES string of the molecule is CCc1nc(Br)cc(NCC(C)(C)C)n1. The van der Waals surface area contributed by atoms with E-state index in [0.717, 1.165) is 29.2 Å². The fourth-order valence-corrected chi connectivity index (χ4v) is 1.49. The zero-order valence-electron chi connectivity index (χ0n) is 9.76. The molecule has 15 heavy (non-hydrogen) atoms. The summed E-state index contributed by atoms with van der Waals surface area (Å²) in [6.45, 7) is 9.53. The highest BCUT2D eigenvalue weighted by Gasteiger charge is 2.10. The van der Waals surface area contributed by atoms with Gasteiger partial charge in [0.05, 0.1) is 0 Å². The van der Waals surface area contributed by atoms with Gasteiger partial charge in [-0.25, -0.2) is 9.97 Å². The number of hydrogen-bond donors (Lipinski definition) is 1. The molecule has 0 unspecified atom stereocenters. The van der Waals surface area contributed by atoms with Crippen LogP contribution in [-0.4, -0.2) is 16.5 Å². The molecular formula is C11H18BrN3. The molecule has 1 N–H and O–H groups in total. The molecule has 0 fully saturated rings. The van der Waals surface area contributed by atoms with E-state index in [1.54, 1.807) is 0 Å². The van der Waals surface area contributed by atoms with Crippen LogP contribution >= 0.6 is 15.9 Å². The van der Waals surface area contributed by atoms with E-state index in [0.29, 0.717) is 0 Å².